The van der Waals surface area contributed by atoms with Crippen LogP contribution >= 0.6 is 14.5 Å². The zero-order chi connectivity index (χ0) is 34.4. The SMILES string of the molecule is O=C([O-])C(=O)[O-].c1ccc([P+](CCCCC[P+](c2ccccc2)(c2ccccc2)c2ccccc2)(c2ccccc2)c2ccccc2)cc1. The molecule has 0 unspecified atom stereocenters. The van der Waals surface area contributed by atoms with E-state index in [0.29, 0.717) is 0 Å². The molecule has 6 aromatic rings. The highest BCUT2D eigenvalue weighted by molar-refractivity contribution is 7.96. The van der Waals surface area contributed by atoms with Crippen LogP contribution in [0, 0.1) is 0 Å². The van der Waals surface area contributed by atoms with Gasteiger partial charge in [0.2, 0.25) is 0 Å². The first kappa shape index (κ1) is 35.4. The molecule has 0 atom stereocenters. The fourth-order valence-electron chi connectivity index (χ4n) is 6.64. The van der Waals surface area contributed by atoms with Gasteiger partial charge in [0.15, 0.2) is 0 Å². The number of benzene rings is 6. The minimum absolute atomic E-state index is 1.18. The Morgan fingerprint density at radius 2 is 0.510 bits per heavy atom. The fourth-order valence-corrected chi connectivity index (χ4v) is 15.5. The Morgan fingerprint density at radius 1 is 0.327 bits per heavy atom. The van der Waals surface area contributed by atoms with Crippen molar-refractivity contribution in [3.05, 3.63) is 182 Å². The molecular weight excluding hydrogens is 642 g/mol. The number of carbonyl (C=O) groups is 2. The van der Waals surface area contributed by atoms with Gasteiger partial charge in [0, 0.05) is 0 Å². The molecule has 0 aliphatic rings. The number of hydrogen-bond acceptors (Lipinski definition) is 4. The van der Waals surface area contributed by atoms with Gasteiger partial charge in [-0.3, -0.25) is 0 Å². The molecule has 0 saturated carbocycles. The molecule has 0 amide bonds. The molecule has 49 heavy (non-hydrogen) atoms. The number of unbranched alkanes of at least 4 members (excludes halogenated alkanes) is 2. The molecule has 0 aliphatic carbocycles. The summed E-state index contributed by atoms with van der Waals surface area (Å²) in [6.45, 7) is 0. The number of carboxylic acids is 2. The minimum atomic E-state index is -2.19. The number of hydrogen-bond donors (Lipinski definition) is 0. The normalized spacial score (nSPS) is 11.2. The van der Waals surface area contributed by atoms with Crippen LogP contribution < -0.4 is 42.0 Å². The number of carboxylic acid groups (broad SMARTS) is 2. The molecule has 0 bridgehead atoms. The van der Waals surface area contributed by atoms with Gasteiger partial charge in [0.05, 0.1) is 24.3 Å². The summed E-state index contributed by atoms with van der Waals surface area (Å²) in [4.78, 5) is 17.9. The van der Waals surface area contributed by atoms with Crippen molar-refractivity contribution in [2.75, 3.05) is 12.3 Å². The summed E-state index contributed by atoms with van der Waals surface area (Å²) in [7, 11) is -3.60. The lowest BCUT2D eigenvalue weighted by molar-refractivity contribution is -0.345. The van der Waals surface area contributed by atoms with Crippen molar-refractivity contribution in [2.45, 2.75) is 19.3 Å². The average molecular weight is 683 g/mol. The summed E-state index contributed by atoms with van der Waals surface area (Å²) in [5.41, 5.74) is 0. The standard InChI is InChI=1S/C41H40P2.C2H2O4/c1-8-22-36(23-9-1)42(37-24-10-2-11-25-37,38-26-12-3-13-27-38)34-20-7-21-35-43(39-28-14-4-15-29-39,40-30-16-5-17-31-40)41-32-18-6-19-33-41;3-1(4)2(5)6/h1-6,8-19,22-33H,7,20-21,34-35H2;(H,3,4)(H,5,6)/q+2;/p-2. The van der Waals surface area contributed by atoms with Crippen molar-refractivity contribution in [3.63, 3.8) is 0 Å². The van der Waals surface area contributed by atoms with E-state index in [1.807, 2.05) is 0 Å². The van der Waals surface area contributed by atoms with Crippen molar-refractivity contribution in [1.82, 2.24) is 0 Å². The zero-order valence-electron chi connectivity index (χ0n) is 27.4. The van der Waals surface area contributed by atoms with Gasteiger partial charge in [-0.15, -0.1) is 0 Å². The van der Waals surface area contributed by atoms with Gasteiger partial charge in [-0.05, 0) is 92.1 Å². The van der Waals surface area contributed by atoms with E-state index in [2.05, 4.69) is 182 Å². The molecule has 0 N–H and O–H groups in total. The van der Waals surface area contributed by atoms with Gasteiger partial charge < -0.3 is 19.8 Å². The molecule has 0 heterocycles. The molecule has 4 nitrogen and oxygen atoms in total. The van der Waals surface area contributed by atoms with Gasteiger partial charge in [-0.1, -0.05) is 109 Å². The first-order valence-corrected chi connectivity index (χ1v) is 20.5. The van der Waals surface area contributed by atoms with E-state index in [0.717, 1.165) is 0 Å². The third-order valence-electron chi connectivity index (χ3n) is 8.84. The summed E-state index contributed by atoms with van der Waals surface area (Å²) in [6, 6.07) is 67.9. The highest BCUT2D eigenvalue weighted by Gasteiger charge is 2.46. The van der Waals surface area contributed by atoms with Crippen LogP contribution in [0.1, 0.15) is 19.3 Å². The molecule has 6 heteroatoms. The van der Waals surface area contributed by atoms with E-state index < -0.39 is 26.5 Å². The summed E-state index contributed by atoms with van der Waals surface area (Å²) < 4.78 is 0. The number of rotatable bonds is 12. The summed E-state index contributed by atoms with van der Waals surface area (Å²) >= 11 is 0. The quantitative estimate of drug-likeness (QED) is 0.107. The molecule has 246 valence electrons. The Morgan fingerprint density at radius 3 is 0.673 bits per heavy atom. The second-order valence-electron chi connectivity index (χ2n) is 11.7. The average Bonchev–Trinajstić information content (AvgIpc) is 3.17. The largest absolute Gasteiger partial charge is 0.543 e. The molecule has 0 fully saturated rings. The first-order chi connectivity index (χ1) is 24.0. The van der Waals surface area contributed by atoms with Crippen LogP contribution in [0.5, 0.6) is 0 Å². The number of aliphatic carboxylic acids is 2. The van der Waals surface area contributed by atoms with Crippen LogP contribution in [0.15, 0.2) is 182 Å². The second-order valence-corrected chi connectivity index (χ2v) is 18.9. The highest BCUT2D eigenvalue weighted by atomic mass is 31.2. The van der Waals surface area contributed by atoms with Crippen molar-refractivity contribution in [1.29, 1.82) is 0 Å². The van der Waals surface area contributed by atoms with Crippen LogP contribution in [0.25, 0.3) is 0 Å². The maximum atomic E-state index is 8.93. The van der Waals surface area contributed by atoms with Crippen molar-refractivity contribution in [2.24, 2.45) is 0 Å². The Labute approximate surface area is 290 Å². The third kappa shape index (κ3) is 8.41. The van der Waals surface area contributed by atoms with Crippen LogP contribution in [0.3, 0.4) is 0 Å². The van der Waals surface area contributed by atoms with Crippen LogP contribution in [-0.4, -0.2) is 24.3 Å². The van der Waals surface area contributed by atoms with Crippen LogP contribution in [0.2, 0.25) is 0 Å². The molecule has 0 aliphatic heterocycles. The number of carbonyl (C=O) groups excluding carboxylic acids is 2. The lowest BCUT2D eigenvalue weighted by Gasteiger charge is -2.29. The minimum Gasteiger partial charge on any atom is -0.543 e. The second kappa shape index (κ2) is 17.5. The summed E-state index contributed by atoms with van der Waals surface area (Å²) in [5.74, 6) is -4.37. The Bertz CT molecular complexity index is 1540. The van der Waals surface area contributed by atoms with Gasteiger partial charge in [-0.2, -0.15) is 0 Å². The van der Waals surface area contributed by atoms with Gasteiger partial charge in [0.25, 0.3) is 0 Å². The van der Waals surface area contributed by atoms with Gasteiger partial charge in [0.1, 0.15) is 46.4 Å². The van der Waals surface area contributed by atoms with Gasteiger partial charge >= 0.3 is 0 Å². The van der Waals surface area contributed by atoms with Crippen molar-refractivity contribution >= 4 is 58.3 Å². The maximum absolute atomic E-state index is 8.93. The molecule has 0 saturated heterocycles. The van der Waals surface area contributed by atoms with E-state index in [-0.39, 0.29) is 0 Å². The lowest BCUT2D eigenvalue weighted by atomic mass is 10.3. The highest BCUT2D eigenvalue weighted by Crippen LogP contribution is 2.58. The van der Waals surface area contributed by atoms with Crippen molar-refractivity contribution < 1.29 is 19.8 Å². The monoisotopic (exact) mass is 682 g/mol. The Hall–Kier alpha value is -4.88. The summed E-state index contributed by atoms with van der Waals surface area (Å²) in [5, 5.41) is 26.7. The van der Waals surface area contributed by atoms with Crippen LogP contribution in [-0.2, 0) is 9.59 Å². The maximum Gasteiger partial charge on any atom is 0.112 e. The Kier molecular flexibility index (Phi) is 12.7. The molecule has 0 radical (unpaired) electrons. The fraction of sp³-hybridized carbons (Fsp3) is 0.116. The van der Waals surface area contributed by atoms with E-state index >= 15 is 0 Å². The molecule has 6 aromatic carbocycles. The smallest absolute Gasteiger partial charge is 0.112 e. The molecular formula is C43H40O4P2. The summed E-state index contributed by atoms with van der Waals surface area (Å²) in [6.07, 6.45) is 5.97. The zero-order valence-corrected chi connectivity index (χ0v) is 29.2. The molecule has 0 spiro atoms. The van der Waals surface area contributed by atoms with E-state index in [1.165, 1.54) is 63.4 Å². The van der Waals surface area contributed by atoms with Crippen molar-refractivity contribution in [3.8, 4) is 0 Å². The topological polar surface area (TPSA) is 80.3 Å². The third-order valence-corrected chi connectivity index (χ3v) is 17.9. The molecule has 6 rings (SSSR count). The Balaban J connectivity index is 0.000000717. The van der Waals surface area contributed by atoms with E-state index in [1.54, 1.807) is 0 Å². The predicted molar refractivity (Wildman–Crippen MR) is 204 cm³/mol. The van der Waals surface area contributed by atoms with Crippen LogP contribution in [0.4, 0.5) is 0 Å². The van der Waals surface area contributed by atoms with E-state index in [9.17, 15) is 0 Å². The first-order valence-electron chi connectivity index (χ1n) is 16.5. The predicted octanol–water partition coefficient (Wildman–Crippen LogP) is 4.63. The molecule has 0 aromatic heterocycles. The van der Waals surface area contributed by atoms with Gasteiger partial charge in [-0.25, -0.2) is 0 Å². The lowest BCUT2D eigenvalue weighted by Crippen LogP contribution is -2.42. The van der Waals surface area contributed by atoms with E-state index in [4.69, 9.17) is 19.8 Å².